The fourth-order valence-corrected chi connectivity index (χ4v) is 3.72. The van der Waals surface area contributed by atoms with Gasteiger partial charge in [-0.15, -0.1) is 12.4 Å². The number of rotatable bonds is 3. The van der Waals surface area contributed by atoms with Crippen LogP contribution in [0.25, 0.3) is 11.0 Å². The summed E-state index contributed by atoms with van der Waals surface area (Å²) in [6.07, 6.45) is 2.23. The number of hydrogen-bond acceptors (Lipinski definition) is 3. The molecule has 1 aliphatic heterocycles. The van der Waals surface area contributed by atoms with Gasteiger partial charge in [-0.2, -0.15) is 0 Å². The lowest BCUT2D eigenvalue weighted by atomic mass is 10.0. The number of nitrogens with one attached hydrogen (secondary N) is 2. The molecule has 1 aliphatic rings. The average molecular weight is 300 g/mol. The average Bonchev–Trinajstić information content (AvgIpc) is 2.84. The molecule has 2 N–H and O–H groups in total. The first-order valence-electron chi connectivity index (χ1n) is 6.37. The number of para-hydroxylation sites is 2. The maximum atomic E-state index is 12.3. The number of halogens is 1. The molecule has 1 aromatic carbocycles. The summed E-state index contributed by atoms with van der Waals surface area (Å²) < 4.78 is 12.3. The second-order valence-electron chi connectivity index (χ2n) is 4.76. The van der Waals surface area contributed by atoms with Gasteiger partial charge in [0.05, 0.1) is 21.8 Å². The molecule has 0 saturated carbocycles. The summed E-state index contributed by atoms with van der Waals surface area (Å²) in [5.41, 5.74) is 1.86. The van der Waals surface area contributed by atoms with Gasteiger partial charge in [0.2, 0.25) is 0 Å². The molecular weight excluding hydrogens is 282 g/mol. The molecule has 1 atom stereocenters. The molecule has 0 bridgehead atoms. The van der Waals surface area contributed by atoms with Crippen molar-refractivity contribution in [2.45, 2.75) is 18.0 Å². The third kappa shape index (κ3) is 3.35. The molecule has 1 fully saturated rings. The van der Waals surface area contributed by atoms with Crippen molar-refractivity contribution >= 4 is 34.2 Å². The Morgan fingerprint density at radius 1 is 1.26 bits per heavy atom. The van der Waals surface area contributed by atoms with Gasteiger partial charge in [0.15, 0.2) is 5.16 Å². The van der Waals surface area contributed by atoms with Gasteiger partial charge in [-0.1, -0.05) is 12.1 Å². The van der Waals surface area contributed by atoms with E-state index in [4.69, 9.17) is 0 Å². The number of H-pyrrole nitrogens is 1. The van der Waals surface area contributed by atoms with Crippen molar-refractivity contribution < 1.29 is 4.21 Å². The number of piperidine rings is 1. The maximum Gasteiger partial charge on any atom is 0.197 e. The maximum absolute atomic E-state index is 12.3. The number of nitrogens with zero attached hydrogens (tertiary/aromatic N) is 1. The predicted octanol–water partition coefficient (Wildman–Crippen LogP) is 2.09. The van der Waals surface area contributed by atoms with Crippen LogP contribution in [0.3, 0.4) is 0 Å². The first-order valence-corrected chi connectivity index (χ1v) is 7.68. The van der Waals surface area contributed by atoms with Crippen molar-refractivity contribution in [2.24, 2.45) is 5.92 Å². The predicted molar refractivity (Wildman–Crippen MR) is 80.2 cm³/mol. The van der Waals surface area contributed by atoms with Crippen LogP contribution < -0.4 is 5.32 Å². The van der Waals surface area contributed by atoms with Gasteiger partial charge >= 0.3 is 0 Å². The molecule has 2 aromatic rings. The van der Waals surface area contributed by atoms with E-state index < -0.39 is 10.8 Å². The van der Waals surface area contributed by atoms with E-state index in [1.54, 1.807) is 0 Å². The zero-order valence-electron chi connectivity index (χ0n) is 10.6. The smallest absolute Gasteiger partial charge is 0.197 e. The van der Waals surface area contributed by atoms with Crippen molar-refractivity contribution in [3.8, 4) is 0 Å². The van der Waals surface area contributed by atoms with Gasteiger partial charge in [0.25, 0.3) is 0 Å². The normalized spacial score (nSPS) is 18.1. The highest BCUT2D eigenvalue weighted by Gasteiger charge is 2.18. The van der Waals surface area contributed by atoms with E-state index in [0.29, 0.717) is 11.1 Å². The highest BCUT2D eigenvalue weighted by Crippen LogP contribution is 2.18. The minimum absolute atomic E-state index is 0. The highest BCUT2D eigenvalue weighted by molar-refractivity contribution is 7.84. The van der Waals surface area contributed by atoms with Gasteiger partial charge in [0.1, 0.15) is 0 Å². The molecule has 0 amide bonds. The second-order valence-corrected chi connectivity index (χ2v) is 6.18. The van der Waals surface area contributed by atoms with E-state index in [-0.39, 0.29) is 12.4 Å². The van der Waals surface area contributed by atoms with Gasteiger partial charge in [-0.25, -0.2) is 4.98 Å². The van der Waals surface area contributed by atoms with Gasteiger partial charge in [-0.05, 0) is 44.0 Å². The monoisotopic (exact) mass is 299 g/mol. The summed E-state index contributed by atoms with van der Waals surface area (Å²) in [6.45, 7) is 2.09. The van der Waals surface area contributed by atoms with E-state index in [0.717, 1.165) is 42.7 Å². The lowest BCUT2D eigenvalue weighted by molar-refractivity contribution is 0.405. The summed E-state index contributed by atoms with van der Waals surface area (Å²) >= 11 is 0. The van der Waals surface area contributed by atoms with E-state index >= 15 is 0 Å². The van der Waals surface area contributed by atoms with E-state index in [1.165, 1.54) is 0 Å². The molecule has 19 heavy (non-hydrogen) atoms. The lowest BCUT2D eigenvalue weighted by Gasteiger charge is -2.21. The fourth-order valence-electron chi connectivity index (χ4n) is 2.38. The number of imidazole rings is 1. The standard InChI is InChI=1S/C13H17N3OS.ClH/c17-18(9-10-5-7-14-8-6-10)13-15-11-3-1-2-4-12(11)16-13;/h1-4,10,14H,5-9H2,(H,15,16);1H. The first-order chi connectivity index (χ1) is 8.83. The second kappa shape index (κ2) is 6.50. The number of aromatic amines is 1. The van der Waals surface area contributed by atoms with Crippen LogP contribution in [-0.4, -0.2) is 33.0 Å². The molecule has 3 rings (SSSR count). The van der Waals surface area contributed by atoms with Gasteiger partial charge < -0.3 is 10.3 Å². The molecule has 0 radical (unpaired) electrons. The van der Waals surface area contributed by atoms with Crippen LogP contribution in [0.1, 0.15) is 12.8 Å². The van der Waals surface area contributed by atoms with E-state index in [2.05, 4.69) is 15.3 Å². The lowest BCUT2D eigenvalue weighted by Crippen LogP contribution is -2.30. The minimum Gasteiger partial charge on any atom is -0.331 e. The third-order valence-electron chi connectivity index (χ3n) is 3.43. The Balaban J connectivity index is 0.00000133. The zero-order valence-corrected chi connectivity index (χ0v) is 12.2. The van der Waals surface area contributed by atoms with Crippen molar-refractivity contribution in [1.82, 2.24) is 15.3 Å². The van der Waals surface area contributed by atoms with Crippen LogP contribution in [0.4, 0.5) is 0 Å². The first kappa shape index (κ1) is 14.5. The summed E-state index contributed by atoms with van der Waals surface area (Å²) in [5, 5.41) is 3.95. The Bertz CT molecular complexity index is 533. The highest BCUT2D eigenvalue weighted by atomic mass is 35.5. The van der Waals surface area contributed by atoms with Crippen molar-refractivity contribution in [3.63, 3.8) is 0 Å². The van der Waals surface area contributed by atoms with E-state index in [1.807, 2.05) is 24.3 Å². The molecule has 1 aromatic heterocycles. The minimum atomic E-state index is -1.01. The summed E-state index contributed by atoms with van der Waals surface area (Å²) in [5.74, 6) is 1.28. The van der Waals surface area contributed by atoms with Gasteiger partial charge in [0, 0.05) is 5.75 Å². The quantitative estimate of drug-likeness (QED) is 0.912. The van der Waals surface area contributed by atoms with Crippen LogP contribution in [0, 0.1) is 5.92 Å². The molecule has 2 heterocycles. The van der Waals surface area contributed by atoms with Crippen LogP contribution in [-0.2, 0) is 10.8 Å². The molecular formula is C13H18ClN3OS. The molecule has 6 heteroatoms. The number of aromatic nitrogens is 2. The van der Waals surface area contributed by atoms with Crippen LogP contribution >= 0.6 is 12.4 Å². The molecule has 1 saturated heterocycles. The SMILES string of the molecule is Cl.O=S(CC1CCNCC1)c1nc2ccccc2[nH]1. The fraction of sp³-hybridized carbons (Fsp3) is 0.462. The number of hydrogen-bond donors (Lipinski definition) is 2. The Hall–Kier alpha value is -0.910. The Morgan fingerprint density at radius 3 is 2.74 bits per heavy atom. The van der Waals surface area contributed by atoms with Crippen LogP contribution in [0.5, 0.6) is 0 Å². The van der Waals surface area contributed by atoms with Crippen molar-refractivity contribution in [3.05, 3.63) is 24.3 Å². The third-order valence-corrected chi connectivity index (χ3v) is 4.83. The Labute approximate surface area is 121 Å². The van der Waals surface area contributed by atoms with Crippen LogP contribution in [0.2, 0.25) is 0 Å². The number of benzene rings is 1. The molecule has 4 nitrogen and oxygen atoms in total. The number of fused-ring (bicyclic) bond motifs is 1. The zero-order chi connectivity index (χ0) is 12.4. The molecule has 104 valence electrons. The molecule has 0 aliphatic carbocycles. The summed E-state index contributed by atoms with van der Waals surface area (Å²) in [4.78, 5) is 7.56. The topological polar surface area (TPSA) is 57.8 Å². The van der Waals surface area contributed by atoms with Crippen molar-refractivity contribution in [1.29, 1.82) is 0 Å². The van der Waals surface area contributed by atoms with Gasteiger partial charge in [-0.3, -0.25) is 4.21 Å². The Kier molecular flexibility index (Phi) is 4.96. The van der Waals surface area contributed by atoms with Crippen molar-refractivity contribution in [2.75, 3.05) is 18.8 Å². The molecule has 0 spiro atoms. The summed E-state index contributed by atoms with van der Waals surface area (Å²) in [7, 11) is -1.01. The Morgan fingerprint density at radius 2 is 2.00 bits per heavy atom. The molecule has 1 unspecified atom stereocenters. The summed E-state index contributed by atoms with van der Waals surface area (Å²) in [6, 6.07) is 7.81. The largest absolute Gasteiger partial charge is 0.331 e. The van der Waals surface area contributed by atoms with Crippen LogP contribution in [0.15, 0.2) is 29.4 Å². The van der Waals surface area contributed by atoms with E-state index in [9.17, 15) is 4.21 Å².